The molecule has 1 aromatic rings. The molecule has 0 radical (unpaired) electrons. The van der Waals surface area contributed by atoms with E-state index in [-0.39, 0.29) is 0 Å². The minimum atomic E-state index is 0.606. The minimum absolute atomic E-state index is 0.606. The first-order valence-corrected chi connectivity index (χ1v) is 6.30. The highest BCUT2D eigenvalue weighted by molar-refractivity contribution is 5.44. The Morgan fingerprint density at radius 2 is 2.18 bits per heavy atom. The van der Waals surface area contributed by atoms with Crippen LogP contribution in [0.25, 0.3) is 0 Å². The van der Waals surface area contributed by atoms with Crippen LogP contribution in [0.3, 0.4) is 0 Å². The fourth-order valence-corrected chi connectivity index (χ4v) is 1.90. The highest BCUT2D eigenvalue weighted by Gasteiger charge is 2.14. The summed E-state index contributed by atoms with van der Waals surface area (Å²) in [5.74, 6) is 0.606. The standard InChI is InChI=1S/C14H21NO2/c1-12-2-4-14(5-3-12)15-7-9-17-11-13-6-8-16-10-13/h2-5,13,15H,6-11H2,1H3. The fourth-order valence-electron chi connectivity index (χ4n) is 1.90. The van der Waals surface area contributed by atoms with Gasteiger partial charge in [-0.1, -0.05) is 17.7 Å². The maximum absolute atomic E-state index is 5.62. The first-order valence-electron chi connectivity index (χ1n) is 6.30. The summed E-state index contributed by atoms with van der Waals surface area (Å²) >= 11 is 0. The molecule has 1 heterocycles. The van der Waals surface area contributed by atoms with E-state index in [2.05, 4.69) is 36.5 Å². The molecule has 1 fully saturated rings. The zero-order chi connectivity index (χ0) is 11.9. The summed E-state index contributed by atoms with van der Waals surface area (Å²) in [4.78, 5) is 0. The lowest BCUT2D eigenvalue weighted by Crippen LogP contribution is -2.14. The molecule has 1 atom stereocenters. The third kappa shape index (κ3) is 4.36. The van der Waals surface area contributed by atoms with E-state index in [9.17, 15) is 0 Å². The Morgan fingerprint density at radius 3 is 2.88 bits per heavy atom. The number of aryl methyl sites for hydroxylation is 1. The second-order valence-corrected chi connectivity index (χ2v) is 4.60. The van der Waals surface area contributed by atoms with E-state index >= 15 is 0 Å². The summed E-state index contributed by atoms with van der Waals surface area (Å²) in [5, 5.41) is 3.34. The van der Waals surface area contributed by atoms with Crippen LogP contribution < -0.4 is 5.32 Å². The Bertz CT molecular complexity index is 317. The Balaban J connectivity index is 1.55. The number of benzene rings is 1. The molecular formula is C14H21NO2. The molecule has 0 saturated carbocycles. The molecule has 2 rings (SSSR count). The molecule has 1 N–H and O–H groups in total. The topological polar surface area (TPSA) is 30.5 Å². The summed E-state index contributed by atoms with van der Waals surface area (Å²) in [6.07, 6.45) is 1.14. The van der Waals surface area contributed by atoms with Crippen molar-refractivity contribution in [2.75, 3.05) is 38.3 Å². The van der Waals surface area contributed by atoms with Gasteiger partial charge in [0.05, 0.1) is 19.8 Å². The molecule has 1 unspecified atom stereocenters. The second kappa shape index (κ2) is 6.62. The van der Waals surface area contributed by atoms with E-state index in [1.807, 2.05) is 0 Å². The van der Waals surface area contributed by atoms with Gasteiger partial charge in [-0.05, 0) is 25.5 Å². The van der Waals surface area contributed by atoms with Gasteiger partial charge in [0, 0.05) is 24.8 Å². The van der Waals surface area contributed by atoms with Gasteiger partial charge in [-0.25, -0.2) is 0 Å². The molecule has 1 aliphatic heterocycles. The first kappa shape index (κ1) is 12.4. The quantitative estimate of drug-likeness (QED) is 0.768. The van der Waals surface area contributed by atoms with Crippen LogP contribution in [0.1, 0.15) is 12.0 Å². The van der Waals surface area contributed by atoms with Gasteiger partial charge in [-0.3, -0.25) is 0 Å². The van der Waals surface area contributed by atoms with Gasteiger partial charge in [0.2, 0.25) is 0 Å². The minimum Gasteiger partial charge on any atom is -0.383 e. The van der Waals surface area contributed by atoms with Gasteiger partial charge in [-0.15, -0.1) is 0 Å². The summed E-state index contributed by atoms with van der Waals surface area (Å²) in [7, 11) is 0. The van der Waals surface area contributed by atoms with Gasteiger partial charge < -0.3 is 14.8 Å². The van der Waals surface area contributed by atoms with E-state index < -0.39 is 0 Å². The maximum atomic E-state index is 5.62. The smallest absolute Gasteiger partial charge is 0.0639 e. The number of ether oxygens (including phenoxy) is 2. The van der Waals surface area contributed by atoms with E-state index in [0.717, 1.165) is 45.1 Å². The van der Waals surface area contributed by atoms with Crippen molar-refractivity contribution in [3.63, 3.8) is 0 Å². The van der Waals surface area contributed by atoms with Gasteiger partial charge in [0.25, 0.3) is 0 Å². The molecule has 0 amide bonds. The Morgan fingerprint density at radius 1 is 1.35 bits per heavy atom. The molecule has 1 aliphatic rings. The van der Waals surface area contributed by atoms with Crippen molar-refractivity contribution in [3.05, 3.63) is 29.8 Å². The van der Waals surface area contributed by atoms with Crippen molar-refractivity contribution in [1.82, 2.24) is 0 Å². The van der Waals surface area contributed by atoms with Crippen molar-refractivity contribution < 1.29 is 9.47 Å². The zero-order valence-corrected chi connectivity index (χ0v) is 10.4. The van der Waals surface area contributed by atoms with E-state index in [4.69, 9.17) is 9.47 Å². The summed E-state index contributed by atoms with van der Waals surface area (Å²) in [6.45, 7) is 6.30. The predicted molar refractivity (Wildman–Crippen MR) is 69.4 cm³/mol. The molecule has 0 spiro atoms. The monoisotopic (exact) mass is 235 g/mol. The highest BCUT2D eigenvalue weighted by Crippen LogP contribution is 2.12. The second-order valence-electron chi connectivity index (χ2n) is 4.60. The van der Waals surface area contributed by atoms with Gasteiger partial charge >= 0.3 is 0 Å². The average Bonchev–Trinajstić information content (AvgIpc) is 2.84. The van der Waals surface area contributed by atoms with E-state index in [0.29, 0.717) is 5.92 Å². The SMILES string of the molecule is Cc1ccc(NCCOCC2CCOC2)cc1. The normalized spacial score (nSPS) is 19.5. The summed E-state index contributed by atoms with van der Waals surface area (Å²) in [6, 6.07) is 8.42. The molecule has 1 aromatic carbocycles. The molecule has 1 saturated heterocycles. The fraction of sp³-hybridized carbons (Fsp3) is 0.571. The molecule has 3 nitrogen and oxygen atoms in total. The zero-order valence-electron chi connectivity index (χ0n) is 10.4. The Kier molecular flexibility index (Phi) is 4.83. The number of anilines is 1. The summed E-state index contributed by atoms with van der Waals surface area (Å²) < 4.78 is 10.9. The lowest BCUT2D eigenvalue weighted by Gasteiger charge is -2.10. The van der Waals surface area contributed by atoms with Crippen molar-refractivity contribution >= 4 is 5.69 Å². The van der Waals surface area contributed by atoms with Crippen molar-refractivity contribution in [1.29, 1.82) is 0 Å². The molecular weight excluding hydrogens is 214 g/mol. The van der Waals surface area contributed by atoms with Crippen LogP contribution in [0.5, 0.6) is 0 Å². The number of nitrogens with one attached hydrogen (secondary N) is 1. The van der Waals surface area contributed by atoms with Crippen molar-refractivity contribution in [3.8, 4) is 0 Å². The van der Waals surface area contributed by atoms with E-state index in [1.165, 1.54) is 5.56 Å². The van der Waals surface area contributed by atoms with Crippen LogP contribution in [-0.4, -0.2) is 33.0 Å². The lowest BCUT2D eigenvalue weighted by atomic mass is 10.1. The first-order chi connectivity index (χ1) is 8.34. The molecule has 0 aliphatic carbocycles. The predicted octanol–water partition coefficient (Wildman–Crippen LogP) is 2.46. The maximum Gasteiger partial charge on any atom is 0.0639 e. The largest absolute Gasteiger partial charge is 0.383 e. The van der Waals surface area contributed by atoms with Crippen LogP contribution in [-0.2, 0) is 9.47 Å². The van der Waals surface area contributed by atoms with Crippen molar-refractivity contribution in [2.45, 2.75) is 13.3 Å². The van der Waals surface area contributed by atoms with Crippen LogP contribution in [0.4, 0.5) is 5.69 Å². The molecule has 0 aromatic heterocycles. The van der Waals surface area contributed by atoms with Crippen LogP contribution in [0.2, 0.25) is 0 Å². The Labute approximate surface area is 103 Å². The summed E-state index contributed by atoms with van der Waals surface area (Å²) in [5.41, 5.74) is 2.44. The molecule has 3 heteroatoms. The van der Waals surface area contributed by atoms with Gasteiger partial charge in [-0.2, -0.15) is 0 Å². The molecule has 17 heavy (non-hydrogen) atoms. The van der Waals surface area contributed by atoms with Crippen molar-refractivity contribution in [2.24, 2.45) is 5.92 Å². The molecule has 94 valence electrons. The number of rotatable bonds is 6. The number of hydrogen-bond acceptors (Lipinski definition) is 3. The van der Waals surface area contributed by atoms with Gasteiger partial charge in [0.15, 0.2) is 0 Å². The van der Waals surface area contributed by atoms with Crippen LogP contribution in [0.15, 0.2) is 24.3 Å². The Hall–Kier alpha value is -1.06. The van der Waals surface area contributed by atoms with Gasteiger partial charge in [0.1, 0.15) is 0 Å². The van der Waals surface area contributed by atoms with E-state index in [1.54, 1.807) is 0 Å². The number of hydrogen-bond donors (Lipinski definition) is 1. The third-order valence-corrected chi connectivity index (χ3v) is 3.00. The molecule has 0 bridgehead atoms. The lowest BCUT2D eigenvalue weighted by molar-refractivity contribution is 0.0965. The van der Waals surface area contributed by atoms with Crippen LogP contribution >= 0.6 is 0 Å². The van der Waals surface area contributed by atoms with Crippen LogP contribution in [0, 0.1) is 12.8 Å². The third-order valence-electron chi connectivity index (χ3n) is 3.00. The average molecular weight is 235 g/mol. The highest BCUT2D eigenvalue weighted by atomic mass is 16.5.